The van der Waals surface area contributed by atoms with Gasteiger partial charge in [-0.3, -0.25) is 0 Å². The maximum Gasteiger partial charge on any atom is 0.817 e. The maximum absolute atomic E-state index is 6.77. The van der Waals surface area contributed by atoms with Gasteiger partial charge < -0.3 is 13.3 Å². The lowest BCUT2D eigenvalue weighted by molar-refractivity contribution is 0.292. The fraction of sp³-hybridized carbons (Fsp3) is 0.143. The molecule has 0 atom stereocenters. The Balaban J connectivity index is 1.91. The third-order valence-corrected chi connectivity index (χ3v) is 5.82. The zero-order valence-electron chi connectivity index (χ0n) is 15.0. The van der Waals surface area contributed by atoms with E-state index in [9.17, 15) is 0 Å². The molecule has 0 unspecified atom stereocenters. The van der Waals surface area contributed by atoms with Crippen LogP contribution in [0.2, 0.25) is 0 Å². The van der Waals surface area contributed by atoms with E-state index in [1.807, 2.05) is 93.6 Å². The van der Waals surface area contributed by atoms with Crippen LogP contribution in [0, 0.1) is 20.8 Å². The molecular weight excluding hydrogens is 364 g/mol. The number of aryl methyl sites for hydroxylation is 3. The monoisotopic (exact) mass is 384 g/mol. The van der Waals surface area contributed by atoms with Crippen LogP contribution >= 0.6 is 11.1 Å². The molecule has 0 heterocycles. The van der Waals surface area contributed by atoms with E-state index in [1.54, 1.807) is 0 Å². The van der Waals surface area contributed by atoms with Gasteiger partial charge in [0, 0.05) is 0 Å². The first kappa shape index (κ1) is 18.4. The molecule has 0 amide bonds. The van der Waals surface area contributed by atoms with Crippen molar-refractivity contribution < 1.29 is 13.3 Å². The summed E-state index contributed by atoms with van der Waals surface area (Å²) in [6.45, 7) is 5.98. The minimum Gasteiger partial charge on any atom is -0.472 e. The molecule has 0 saturated carbocycles. The Hall–Kier alpha value is -2.43. The quantitative estimate of drug-likeness (QED) is 0.395. The van der Waals surface area contributed by atoms with E-state index in [2.05, 4.69) is 0 Å². The number of benzene rings is 3. The second-order valence-corrected chi connectivity index (χ2v) is 9.20. The molecule has 0 aliphatic rings. The first-order chi connectivity index (χ1) is 12.4. The summed E-state index contributed by atoms with van der Waals surface area (Å²) in [5.74, 6) is 1.85. The second kappa shape index (κ2) is 7.85. The van der Waals surface area contributed by atoms with Crippen molar-refractivity contribution in [3.63, 3.8) is 0 Å². The zero-order valence-corrected chi connectivity index (χ0v) is 16.8. The lowest BCUT2D eigenvalue weighted by Gasteiger charge is -2.25. The Morgan fingerprint density at radius 2 is 0.885 bits per heavy atom. The largest absolute Gasteiger partial charge is 0.817 e. The van der Waals surface area contributed by atoms with Gasteiger partial charge in [0.2, 0.25) is 0 Å². The van der Waals surface area contributed by atoms with E-state index in [0.717, 1.165) is 16.7 Å². The highest BCUT2D eigenvalue weighted by molar-refractivity contribution is 7.10. The lowest BCUT2D eigenvalue weighted by Crippen LogP contribution is -2.49. The van der Waals surface area contributed by atoms with Gasteiger partial charge in [-0.15, -0.1) is 0 Å². The van der Waals surface area contributed by atoms with Crippen molar-refractivity contribution in [2.75, 3.05) is 0 Å². The Bertz CT molecular complexity index is 782. The molecule has 0 aliphatic heterocycles. The Kier molecular flexibility index (Phi) is 5.54. The van der Waals surface area contributed by atoms with E-state index in [1.165, 1.54) is 0 Å². The van der Waals surface area contributed by atoms with E-state index in [-0.39, 0.29) is 0 Å². The maximum atomic E-state index is 6.77. The van der Waals surface area contributed by atoms with Gasteiger partial charge in [-0.1, -0.05) is 36.4 Å². The summed E-state index contributed by atoms with van der Waals surface area (Å²) in [6, 6.07) is 23.0. The predicted octanol–water partition coefficient (Wildman–Crippen LogP) is 5.82. The number of hydrogen-bond donors (Lipinski definition) is 0. The molecule has 0 bridgehead atoms. The SMILES string of the molecule is Cc1cccc(O[Si](Cl)(Oc2cccc(C)c2)Oc2cccc(C)c2)c1. The molecular formula is C21H21ClO3Si. The van der Waals surface area contributed by atoms with Gasteiger partial charge in [-0.05, 0) is 84.9 Å². The van der Waals surface area contributed by atoms with Gasteiger partial charge in [0.1, 0.15) is 17.2 Å². The van der Waals surface area contributed by atoms with Crippen LogP contribution in [0.5, 0.6) is 17.2 Å². The molecule has 0 aliphatic carbocycles. The summed E-state index contributed by atoms with van der Waals surface area (Å²) < 4.78 is 18.1. The number of rotatable bonds is 6. The van der Waals surface area contributed by atoms with E-state index in [0.29, 0.717) is 17.2 Å². The van der Waals surface area contributed by atoms with Crippen molar-refractivity contribution >= 4 is 19.2 Å². The highest BCUT2D eigenvalue weighted by atomic mass is 35.6. The van der Waals surface area contributed by atoms with Gasteiger partial charge in [0.05, 0.1) is 0 Å². The Morgan fingerprint density at radius 3 is 1.15 bits per heavy atom. The molecule has 0 aromatic heterocycles. The van der Waals surface area contributed by atoms with Crippen molar-refractivity contribution in [2.45, 2.75) is 20.8 Å². The summed E-state index contributed by atoms with van der Waals surface area (Å²) in [7, 11) is -3.57. The molecule has 26 heavy (non-hydrogen) atoms. The fourth-order valence-corrected chi connectivity index (χ4v) is 4.67. The topological polar surface area (TPSA) is 27.7 Å². The molecule has 3 aromatic carbocycles. The van der Waals surface area contributed by atoms with E-state index >= 15 is 0 Å². The molecule has 0 radical (unpaired) electrons. The van der Waals surface area contributed by atoms with Crippen molar-refractivity contribution in [1.29, 1.82) is 0 Å². The molecule has 5 heteroatoms. The van der Waals surface area contributed by atoms with E-state index in [4.69, 9.17) is 24.4 Å². The van der Waals surface area contributed by atoms with Gasteiger partial charge in [0.25, 0.3) is 0 Å². The van der Waals surface area contributed by atoms with Crippen LogP contribution in [0.3, 0.4) is 0 Å². The average Bonchev–Trinajstić information content (AvgIpc) is 2.54. The summed E-state index contributed by atoms with van der Waals surface area (Å²) in [6.07, 6.45) is 0. The van der Waals surface area contributed by atoms with Gasteiger partial charge in [-0.2, -0.15) is 0 Å². The minimum atomic E-state index is -3.57. The first-order valence-electron chi connectivity index (χ1n) is 8.38. The number of hydrogen-bond acceptors (Lipinski definition) is 3. The van der Waals surface area contributed by atoms with Crippen LogP contribution in [-0.2, 0) is 0 Å². The average molecular weight is 385 g/mol. The molecule has 134 valence electrons. The van der Waals surface area contributed by atoms with Crippen LogP contribution in [0.15, 0.2) is 72.8 Å². The van der Waals surface area contributed by atoms with Crippen LogP contribution in [-0.4, -0.2) is 8.11 Å². The van der Waals surface area contributed by atoms with Crippen LogP contribution < -0.4 is 13.3 Å². The lowest BCUT2D eigenvalue weighted by atomic mass is 10.2. The Morgan fingerprint density at radius 1 is 0.577 bits per heavy atom. The van der Waals surface area contributed by atoms with Gasteiger partial charge >= 0.3 is 8.11 Å². The van der Waals surface area contributed by atoms with E-state index < -0.39 is 8.11 Å². The smallest absolute Gasteiger partial charge is 0.472 e. The molecule has 3 aromatic rings. The standard InChI is InChI=1S/C21H21ClO3Si/c1-16-7-4-10-19(13-16)23-26(22,24-20-11-5-8-17(2)14-20)25-21-12-6-9-18(3)15-21/h4-15H,1-3H3. The normalized spacial score (nSPS) is 11.1. The first-order valence-corrected chi connectivity index (χ1v) is 11.1. The number of halogens is 1. The molecule has 0 fully saturated rings. The molecule has 0 N–H and O–H groups in total. The third kappa shape index (κ3) is 5.03. The summed E-state index contributed by atoms with van der Waals surface area (Å²) in [4.78, 5) is 0. The van der Waals surface area contributed by atoms with Crippen molar-refractivity contribution in [3.05, 3.63) is 89.5 Å². The third-order valence-electron chi connectivity index (χ3n) is 3.69. The summed E-state index contributed by atoms with van der Waals surface area (Å²) in [5.41, 5.74) is 3.21. The minimum absolute atomic E-state index is 0.618. The van der Waals surface area contributed by atoms with Gasteiger partial charge in [0.15, 0.2) is 0 Å². The fourth-order valence-electron chi connectivity index (χ4n) is 2.52. The predicted molar refractivity (Wildman–Crippen MR) is 107 cm³/mol. The second-order valence-electron chi connectivity index (χ2n) is 6.24. The van der Waals surface area contributed by atoms with Crippen molar-refractivity contribution in [3.8, 4) is 17.2 Å². The molecule has 0 saturated heterocycles. The zero-order chi connectivity index (χ0) is 18.6. The molecule has 3 nitrogen and oxygen atoms in total. The highest BCUT2D eigenvalue weighted by Crippen LogP contribution is 2.27. The molecule has 3 rings (SSSR count). The van der Waals surface area contributed by atoms with Crippen LogP contribution in [0.1, 0.15) is 16.7 Å². The van der Waals surface area contributed by atoms with Crippen molar-refractivity contribution in [1.82, 2.24) is 0 Å². The van der Waals surface area contributed by atoms with Crippen LogP contribution in [0.25, 0.3) is 0 Å². The summed E-state index contributed by atoms with van der Waals surface area (Å²) >= 11 is 6.77. The van der Waals surface area contributed by atoms with Crippen molar-refractivity contribution in [2.24, 2.45) is 0 Å². The highest BCUT2D eigenvalue weighted by Gasteiger charge is 2.49. The van der Waals surface area contributed by atoms with Crippen LogP contribution in [0.4, 0.5) is 0 Å². The van der Waals surface area contributed by atoms with Gasteiger partial charge in [-0.25, -0.2) is 0 Å². The molecule has 0 spiro atoms. The summed E-state index contributed by atoms with van der Waals surface area (Å²) in [5, 5.41) is 0. The Labute approximate surface area is 160 Å².